The van der Waals surface area contributed by atoms with E-state index in [0.29, 0.717) is 21.9 Å². The maximum atomic E-state index is 11.8. The van der Waals surface area contributed by atoms with E-state index >= 15 is 0 Å². The van der Waals surface area contributed by atoms with Crippen LogP contribution < -0.4 is 5.32 Å². The molecule has 0 fully saturated rings. The van der Waals surface area contributed by atoms with E-state index in [-0.39, 0.29) is 11.9 Å². The van der Waals surface area contributed by atoms with Crippen molar-refractivity contribution in [1.82, 2.24) is 5.32 Å². The molecule has 0 bridgehead atoms. The van der Waals surface area contributed by atoms with Crippen LogP contribution in [0.25, 0.3) is 0 Å². The largest absolute Gasteiger partial charge is 0.349 e. The lowest BCUT2D eigenvalue weighted by molar-refractivity contribution is 0.0941. The Kier molecular flexibility index (Phi) is 4.72. The molecular weight excluding hydrogens is 242 g/mol. The number of amides is 1. The minimum Gasteiger partial charge on any atom is -0.349 e. The van der Waals surface area contributed by atoms with Gasteiger partial charge in [-0.1, -0.05) is 11.6 Å². The minimum atomic E-state index is -0.233. The molecule has 0 saturated carbocycles. The van der Waals surface area contributed by atoms with E-state index in [1.807, 2.05) is 6.92 Å². The topological polar surface area (TPSA) is 29.1 Å². The van der Waals surface area contributed by atoms with Gasteiger partial charge in [0.05, 0.1) is 10.6 Å². The highest BCUT2D eigenvalue weighted by Crippen LogP contribution is 2.19. The third kappa shape index (κ3) is 3.48. The van der Waals surface area contributed by atoms with Crippen LogP contribution in [-0.2, 0) is 0 Å². The second kappa shape index (κ2) is 5.83. The van der Waals surface area contributed by atoms with Gasteiger partial charge in [0.1, 0.15) is 0 Å². The normalized spacial score (nSPS) is 11.6. The molecule has 0 saturated heterocycles. The van der Waals surface area contributed by atoms with Gasteiger partial charge in [0.25, 0.3) is 5.91 Å². The van der Waals surface area contributed by atoms with Crippen molar-refractivity contribution in [3.05, 3.63) is 28.8 Å². The van der Waals surface area contributed by atoms with Crippen molar-refractivity contribution in [2.24, 2.45) is 0 Å². The quantitative estimate of drug-likeness (QED) is 0.630. The van der Waals surface area contributed by atoms with Gasteiger partial charge in [0.2, 0.25) is 0 Å². The smallest absolute Gasteiger partial charge is 0.253 e. The summed E-state index contributed by atoms with van der Waals surface area (Å²) in [6, 6.07) is 4.93. The maximum Gasteiger partial charge on any atom is 0.253 e. The number of benzene rings is 1. The molecule has 0 aromatic heterocycles. The molecule has 2 nitrogen and oxygen atoms in total. The van der Waals surface area contributed by atoms with Gasteiger partial charge in [-0.3, -0.25) is 4.79 Å². The standard InChI is InChI=1S/C12H12ClNOS/c1-3-4-8(2)14-12(15)10-7-9(16)5-6-11(10)13/h1,5-8,16H,4H2,2H3,(H,14,15). The summed E-state index contributed by atoms with van der Waals surface area (Å²) in [5.41, 5.74) is 0.415. The fourth-order valence-corrected chi connectivity index (χ4v) is 1.62. The number of halogens is 1. The number of carbonyl (C=O) groups excluding carboxylic acids is 1. The molecule has 0 aliphatic rings. The first-order valence-corrected chi connectivity index (χ1v) is 5.60. The van der Waals surface area contributed by atoms with Crippen LogP contribution in [-0.4, -0.2) is 11.9 Å². The van der Waals surface area contributed by atoms with E-state index in [1.165, 1.54) is 0 Å². The fourth-order valence-electron chi connectivity index (χ4n) is 1.22. The van der Waals surface area contributed by atoms with E-state index < -0.39 is 0 Å². The number of thiol groups is 1. The van der Waals surface area contributed by atoms with Crippen LogP contribution in [0.5, 0.6) is 0 Å². The molecule has 1 atom stereocenters. The molecule has 1 unspecified atom stereocenters. The van der Waals surface area contributed by atoms with Crippen LogP contribution in [0.3, 0.4) is 0 Å². The molecule has 1 N–H and O–H groups in total. The summed E-state index contributed by atoms with van der Waals surface area (Å²) < 4.78 is 0. The second-order valence-electron chi connectivity index (χ2n) is 3.45. The van der Waals surface area contributed by atoms with E-state index in [2.05, 4.69) is 23.9 Å². The molecular formula is C12H12ClNOS. The first-order valence-electron chi connectivity index (χ1n) is 4.77. The van der Waals surface area contributed by atoms with Crippen molar-refractivity contribution in [3.8, 4) is 12.3 Å². The third-order valence-corrected chi connectivity index (χ3v) is 2.60. The molecule has 1 amide bonds. The van der Waals surface area contributed by atoms with Gasteiger partial charge in [0, 0.05) is 17.4 Å². The number of carbonyl (C=O) groups is 1. The summed E-state index contributed by atoms with van der Waals surface area (Å²) in [7, 11) is 0. The van der Waals surface area contributed by atoms with Gasteiger partial charge >= 0.3 is 0 Å². The maximum absolute atomic E-state index is 11.8. The third-order valence-electron chi connectivity index (χ3n) is 2.00. The van der Waals surface area contributed by atoms with Crippen LogP contribution in [0.4, 0.5) is 0 Å². The molecule has 1 aromatic carbocycles. The van der Waals surface area contributed by atoms with Crippen molar-refractivity contribution in [2.75, 3.05) is 0 Å². The molecule has 1 aromatic rings. The average molecular weight is 254 g/mol. The number of hydrogen-bond donors (Lipinski definition) is 2. The Hall–Kier alpha value is -1.11. The van der Waals surface area contributed by atoms with Crippen LogP contribution in [0, 0.1) is 12.3 Å². The van der Waals surface area contributed by atoms with Gasteiger partial charge in [-0.05, 0) is 25.1 Å². The fraction of sp³-hybridized carbons (Fsp3) is 0.250. The first-order chi connectivity index (χ1) is 7.54. The zero-order valence-corrected chi connectivity index (χ0v) is 10.5. The molecule has 0 aliphatic carbocycles. The van der Waals surface area contributed by atoms with E-state index in [9.17, 15) is 4.79 Å². The average Bonchev–Trinajstić information content (AvgIpc) is 2.21. The molecule has 0 aliphatic heterocycles. The van der Waals surface area contributed by atoms with Crippen LogP contribution in [0.1, 0.15) is 23.7 Å². The summed E-state index contributed by atoms with van der Waals surface area (Å²) in [6.07, 6.45) is 5.65. The van der Waals surface area contributed by atoms with Crippen LogP contribution in [0.2, 0.25) is 5.02 Å². The van der Waals surface area contributed by atoms with Crippen molar-refractivity contribution >= 4 is 30.1 Å². The van der Waals surface area contributed by atoms with Gasteiger partial charge in [-0.25, -0.2) is 0 Å². The highest BCUT2D eigenvalue weighted by Gasteiger charge is 2.12. The van der Waals surface area contributed by atoms with Crippen molar-refractivity contribution in [2.45, 2.75) is 24.3 Å². The predicted octanol–water partition coefficient (Wildman–Crippen LogP) is 2.77. The Balaban J connectivity index is 2.81. The van der Waals surface area contributed by atoms with E-state index in [0.717, 1.165) is 0 Å². The second-order valence-corrected chi connectivity index (χ2v) is 4.37. The summed E-state index contributed by atoms with van der Waals surface area (Å²) in [5, 5.41) is 3.17. The van der Waals surface area contributed by atoms with E-state index in [4.69, 9.17) is 18.0 Å². The minimum absolute atomic E-state index is 0.0721. The molecule has 16 heavy (non-hydrogen) atoms. The van der Waals surface area contributed by atoms with Gasteiger partial charge < -0.3 is 5.32 Å². The zero-order chi connectivity index (χ0) is 12.1. The Labute approximate surface area is 106 Å². The molecule has 0 heterocycles. The molecule has 0 spiro atoms. The molecule has 0 radical (unpaired) electrons. The summed E-state index contributed by atoms with van der Waals surface area (Å²) in [5.74, 6) is 2.25. The van der Waals surface area contributed by atoms with Gasteiger partial charge in [-0.15, -0.1) is 25.0 Å². The Bertz CT molecular complexity index is 439. The molecule has 4 heteroatoms. The lowest BCUT2D eigenvalue weighted by Crippen LogP contribution is -2.32. The number of terminal acetylenes is 1. The van der Waals surface area contributed by atoms with Gasteiger partial charge in [-0.2, -0.15) is 0 Å². The predicted molar refractivity (Wildman–Crippen MR) is 69.1 cm³/mol. The summed E-state index contributed by atoms with van der Waals surface area (Å²) in [6.45, 7) is 1.84. The van der Waals surface area contributed by atoms with Crippen molar-refractivity contribution in [3.63, 3.8) is 0 Å². The summed E-state index contributed by atoms with van der Waals surface area (Å²) in [4.78, 5) is 12.5. The van der Waals surface area contributed by atoms with Gasteiger partial charge in [0.15, 0.2) is 0 Å². The number of rotatable bonds is 3. The summed E-state index contributed by atoms with van der Waals surface area (Å²) >= 11 is 10.1. The number of nitrogens with one attached hydrogen (secondary N) is 1. The zero-order valence-electron chi connectivity index (χ0n) is 8.83. The monoisotopic (exact) mass is 253 g/mol. The lowest BCUT2D eigenvalue weighted by atomic mass is 10.2. The highest BCUT2D eigenvalue weighted by molar-refractivity contribution is 7.80. The first kappa shape index (κ1) is 13.0. The van der Waals surface area contributed by atoms with Crippen molar-refractivity contribution < 1.29 is 4.79 Å². The molecule has 84 valence electrons. The Morgan fingerprint density at radius 2 is 2.38 bits per heavy atom. The highest BCUT2D eigenvalue weighted by atomic mass is 35.5. The van der Waals surface area contributed by atoms with Crippen LogP contribution >= 0.6 is 24.2 Å². The van der Waals surface area contributed by atoms with E-state index in [1.54, 1.807) is 18.2 Å². The molecule has 1 rings (SSSR count). The Morgan fingerprint density at radius 1 is 1.69 bits per heavy atom. The Morgan fingerprint density at radius 3 is 3.00 bits per heavy atom. The van der Waals surface area contributed by atoms with Crippen LogP contribution in [0.15, 0.2) is 23.1 Å². The number of hydrogen-bond acceptors (Lipinski definition) is 2. The lowest BCUT2D eigenvalue weighted by Gasteiger charge is -2.12. The SMILES string of the molecule is C#CCC(C)NC(=O)c1cc(S)ccc1Cl. The van der Waals surface area contributed by atoms with Crippen molar-refractivity contribution in [1.29, 1.82) is 0 Å².